The Labute approximate surface area is 132 Å². The van der Waals surface area contributed by atoms with Gasteiger partial charge in [-0.2, -0.15) is 0 Å². The number of hydrogen-bond donors (Lipinski definition) is 0. The molecule has 0 aromatic carbocycles. The Morgan fingerprint density at radius 2 is 1.68 bits per heavy atom. The smallest absolute Gasteiger partial charge is 0.0730 e. The van der Waals surface area contributed by atoms with E-state index in [0.717, 1.165) is 5.92 Å². The molecule has 0 saturated carbocycles. The zero-order chi connectivity index (χ0) is 13.9. The van der Waals surface area contributed by atoms with Crippen molar-refractivity contribution < 1.29 is 0 Å². The summed E-state index contributed by atoms with van der Waals surface area (Å²) < 4.78 is 1.33. The maximum Gasteiger partial charge on any atom is 0.0730 e. The molecule has 0 aliphatic heterocycles. The molecule has 0 fully saturated rings. The Hall–Kier alpha value is 0.180. The Morgan fingerprint density at radius 3 is 2.26 bits per heavy atom. The Morgan fingerprint density at radius 1 is 1.05 bits per heavy atom. The van der Waals surface area contributed by atoms with Crippen molar-refractivity contribution in [1.29, 1.82) is 0 Å². The summed E-state index contributed by atoms with van der Waals surface area (Å²) in [4.78, 5) is 0. The minimum Gasteiger partial charge on any atom is -0.137 e. The van der Waals surface area contributed by atoms with Gasteiger partial charge in [-0.15, -0.1) is 11.3 Å². The van der Waals surface area contributed by atoms with Gasteiger partial charge in [-0.05, 0) is 45.3 Å². The molecule has 0 saturated heterocycles. The lowest BCUT2D eigenvalue weighted by Gasteiger charge is -2.10. The Balaban J connectivity index is 1.96. The van der Waals surface area contributed by atoms with Crippen LogP contribution in [0.15, 0.2) is 15.2 Å². The summed E-state index contributed by atoms with van der Waals surface area (Å²) in [7, 11) is 0. The highest BCUT2D eigenvalue weighted by atomic mass is 79.9. The van der Waals surface area contributed by atoms with Crippen LogP contribution in [-0.2, 0) is 6.42 Å². The van der Waals surface area contributed by atoms with Crippen molar-refractivity contribution in [3.8, 4) is 0 Å². The predicted octanol–water partition coefficient (Wildman–Crippen LogP) is 7.22. The molecule has 0 nitrogen and oxygen atoms in total. The van der Waals surface area contributed by atoms with Crippen LogP contribution in [0, 0.1) is 5.92 Å². The van der Waals surface area contributed by atoms with E-state index in [0.29, 0.717) is 0 Å². The fourth-order valence-electron chi connectivity index (χ4n) is 2.57. The highest BCUT2D eigenvalue weighted by molar-refractivity contribution is 9.11. The second-order valence-electron chi connectivity index (χ2n) is 5.79. The first-order valence-corrected chi connectivity index (χ1v) is 9.63. The lowest BCUT2D eigenvalue weighted by atomic mass is 9.96. The molecule has 0 aliphatic rings. The topological polar surface area (TPSA) is 0 Å². The van der Waals surface area contributed by atoms with E-state index >= 15 is 0 Å². The molecule has 0 N–H and O–H groups in total. The van der Waals surface area contributed by atoms with Gasteiger partial charge in [0.25, 0.3) is 0 Å². The van der Waals surface area contributed by atoms with Gasteiger partial charge in [0.2, 0.25) is 0 Å². The molecule has 0 amide bonds. The molecular weight excluding hydrogens is 316 g/mol. The summed E-state index contributed by atoms with van der Waals surface area (Å²) in [6, 6.07) is 2.26. The van der Waals surface area contributed by atoms with Gasteiger partial charge in [-0.25, -0.2) is 0 Å². The second-order valence-corrected chi connectivity index (χ2v) is 8.03. The van der Waals surface area contributed by atoms with Crippen LogP contribution in [0.1, 0.15) is 77.2 Å². The van der Waals surface area contributed by atoms with Gasteiger partial charge >= 0.3 is 0 Å². The average Bonchev–Trinajstić information content (AvgIpc) is 2.78. The van der Waals surface area contributed by atoms with E-state index in [1.54, 1.807) is 11.3 Å². The number of thiophene rings is 1. The number of unbranched alkanes of at least 4 members (excludes halogenated alkanes) is 7. The standard InChI is InChI=1S/C17H29BrS/c1-3-4-5-6-7-8-9-10-11-15(2)14-16-12-13-19-17(16)18/h12-13,15H,3-11,14H2,1-2H3. The molecule has 19 heavy (non-hydrogen) atoms. The van der Waals surface area contributed by atoms with Crippen molar-refractivity contribution in [2.24, 2.45) is 5.92 Å². The highest BCUT2D eigenvalue weighted by Crippen LogP contribution is 2.27. The van der Waals surface area contributed by atoms with E-state index in [-0.39, 0.29) is 0 Å². The van der Waals surface area contributed by atoms with E-state index < -0.39 is 0 Å². The largest absolute Gasteiger partial charge is 0.137 e. The molecule has 1 aromatic rings. The van der Waals surface area contributed by atoms with Crippen LogP contribution in [0.25, 0.3) is 0 Å². The second kappa shape index (κ2) is 10.9. The monoisotopic (exact) mass is 344 g/mol. The van der Waals surface area contributed by atoms with Crippen LogP contribution >= 0.6 is 27.3 Å². The van der Waals surface area contributed by atoms with Crippen molar-refractivity contribution in [1.82, 2.24) is 0 Å². The summed E-state index contributed by atoms with van der Waals surface area (Å²) in [5.41, 5.74) is 1.50. The normalized spacial score (nSPS) is 12.8. The third kappa shape index (κ3) is 8.14. The molecule has 2 heteroatoms. The van der Waals surface area contributed by atoms with E-state index in [1.807, 2.05) is 0 Å². The molecule has 1 unspecified atom stereocenters. The van der Waals surface area contributed by atoms with E-state index in [9.17, 15) is 0 Å². The van der Waals surface area contributed by atoms with Crippen LogP contribution in [0.4, 0.5) is 0 Å². The van der Waals surface area contributed by atoms with Crippen molar-refractivity contribution >= 4 is 27.3 Å². The molecule has 1 aromatic heterocycles. The third-order valence-electron chi connectivity index (χ3n) is 3.81. The summed E-state index contributed by atoms with van der Waals surface area (Å²) in [6.45, 7) is 4.68. The lowest BCUT2D eigenvalue weighted by Crippen LogP contribution is -1.99. The van der Waals surface area contributed by atoms with Gasteiger partial charge in [-0.3, -0.25) is 0 Å². The fourth-order valence-corrected chi connectivity index (χ4v) is 3.84. The van der Waals surface area contributed by atoms with Crippen molar-refractivity contribution in [2.45, 2.75) is 78.1 Å². The van der Waals surface area contributed by atoms with Crippen molar-refractivity contribution in [2.75, 3.05) is 0 Å². The van der Waals surface area contributed by atoms with Crippen LogP contribution in [-0.4, -0.2) is 0 Å². The number of hydrogen-bond acceptors (Lipinski definition) is 1. The van der Waals surface area contributed by atoms with Crippen LogP contribution in [0.5, 0.6) is 0 Å². The summed E-state index contributed by atoms with van der Waals surface area (Å²) in [5.74, 6) is 0.825. The van der Waals surface area contributed by atoms with Gasteiger partial charge in [0, 0.05) is 0 Å². The molecule has 110 valence electrons. The quantitative estimate of drug-likeness (QED) is 0.371. The summed E-state index contributed by atoms with van der Waals surface area (Å²) in [6.07, 6.45) is 14.0. The molecule has 1 heterocycles. The van der Waals surface area contributed by atoms with Crippen LogP contribution in [0.2, 0.25) is 0 Å². The predicted molar refractivity (Wildman–Crippen MR) is 92.1 cm³/mol. The molecular formula is C17H29BrS. The average molecular weight is 345 g/mol. The first-order valence-electron chi connectivity index (χ1n) is 7.96. The minimum absolute atomic E-state index is 0.825. The SMILES string of the molecule is CCCCCCCCCCC(C)Cc1ccsc1Br. The Bertz CT molecular complexity index is 319. The van der Waals surface area contributed by atoms with Gasteiger partial charge in [-0.1, -0.05) is 71.6 Å². The molecule has 0 radical (unpaired) electrons. The maximum absolute atomic E-state index is 3.64. The third-order valence-corrected chi connectivity index (χ3v) is 5.62. The molecule has 1 rings (SSSR count). The van der Waals surface area contributed by atoms with Crippen molar-refractivity contribution in [3.63, 3.8) is 0 Å². The molecule has 0 aliphatic carbocycles. The molecule has 1 atom stereocenters. The van der Waals surface area contributed by atoms with Crippen molar-refractivity contribution in [3.05, 3.63) is 20.8 Å². The fraction of sp³-hybridized carbons (Fsp3) is 0.765. The lowest BCUT2D eigenvalue weighted by molar-refractivity contribution is 0.478. The van der Waals surface area contributed by atoms with Gasteiger partial charge in [0.15, 0.2) is 0 Å². The van der Waals surface area contributed by atoms with E-state index in [4.69, 9.17) is 0 Å². The maximum atomic E-state index is 3.64. The van der Waals surface area contributed by atoms with E-state index in [1.165, 1.54) is 73.6 Å². The molecule has 0 bridgehead atoms. The number of halogens is 1. The van der Waals surface area contributed by atoms with E-state index in [2.05, 4.69) is 41.2 Å². The van der Waals surface area contributed by atoms with Gasteiger partial charge in [0.05, 0.1) is 3.79 Å². The first-order chi connectivity index (χ1) is 9.24. The van der Waals surface area contributed by atoms with Gasteiger partial charge < -0.3 is 0 Å². The van der Waals surface area contributed by atoms with Crippen LogP contribution in [0.3, 0.4) is 0 Å². The minimum atomic E-state index is 0.825. The molecule has 0 spiro atoms. The van der Waals surface area contributed by atoms with Crippen LogP contribution < -0.4 is 0 Å². The summed E-state index contributed by atoms with van der Waals surface area (Å²) in [5, 5.41) is 2.18. The zero-order valence-electron chi connectivity index (χ0n) is 12.6. The Kier molecular flexibility index (Phi) is 9.89. The first kappa shape index (κ1) is 17.2. The number of rotatable bonds is 11. The summed E-state index contributed by atoms with van der Waals surface area (Å²) >= 11 is 5.44. The van der Waals surface area contributed by atoms with Gasteiger partial charge in [0.1, 0.15) is 0 Å². The zero-order valence-corrected chi connectivity index (χ0v) is 15.0. The highest BCUT2D eigenvalue weighted by Gasteiger charge is 2.07.